The number of rotatable bonds is 6. The average molecular weight is 593 g/mol. The third-order valence-electron chi connectivity index (χ3n) is 6.46. The van der Waals surface area contributed by atoms with Crippen LogP contribution in [-0.2, 0) is 6.42 Å². The third kappa shape index (κ3) is 7.06. The Balaban J connectivity index is 1.22. The fraction of sp³-hybridized carbons (Fsp3) is 0.233. The molecular formula is C30H27F3N6O2S. The number of urea groups is 1. The van der Waals surface area contributed by atoms with Crippen LogP contribution in [0.4, 0.5) is 23.7 Å². The molecule has 8 nitrogen and oxygen atoms in total. The second kappa shape index (κ2) is 12.2. The number of nitrogens with zero attached hydrogens (tertiary/aromatic N) is 6. The molecule has 0 radical (unpaired) electrons. The lowest BCUT2D eigenvalue weighted by molar-refractivity contribution is -0.274. The summed E-state index contributed by atoms with van der Waals surface area (Å²) >= 11 is 1.55. The summed E-state index contributed by atoms with van der Waals surface area (Å²) in [6.07, 6.45) is -2.80. The molecular weight excluding hydrogens is 565 g/mol. The number of amides is 2. The fourth-order valence-corrected chi connectivity index (χ4v) is 5.57. The quantitative estimate of drug-likeness (QED) is 0.221. The van der Waals surface area contributed by atoms with Gasteiger partial charge in [-0.05, 0) is 61.7 Å². The Bertz CT molecular complexity index is 1630. The van der Waals surface area contributed by atoms with Crippen molar-refractivity contribution in [2.24, 2.45) is 9.98 Å². The number of benzene rings is 3. The molecule has 1 saturated heterocycles. The van der Waals surface area contributed by atoms with Crippen LogP contribution in [0.15, 0.2) is 83.0 Å². The van der Waals surface area contributed by atoms with Crippen molar-refractivity contribution in [3.63, 3.8) is 0 Å². The van der Waals surface area contributed by atoms with E-state index >= 15 is 0 Å². The van der Waals surface area contributed by atoms with Gasteiger partial charge in [-0.25, -0.2) is 19.5 Å². The third-order valence-corrected chi connectivity index (χ3v) is 7.42. The minimum absolute atomic E-state index is 0.313. The number of hydrogen-bond acceptors (Lipinski definition) is 5. The second-order valence-electron chi connectivity index (χ2n) is 9.69. The zero-order valence-electron chi connectivity index (χ0n) is 23.1. The summed E-state index contributed by atoms with van der Waals surface area (Å²) in [6.45, 7) is 6.69. The van der Waals surface area contributed by atoms with Crippen LogP contribution >= 0.6 is 11.8 Å². The van der Waals surface area contributed by atoms with Crippen molar-refractivity contribution >= 4 is 34.4 Å². The summed E-state index contributed by atoms with van der Waals surface area (Å²) in [4.78, 5) is 27.6. The summed E-state index contributed by atoms with van der Waals surface area (Å²) < 4.78 is 42.6. The van der Waals surface area contributed by atoms with Gasteiger partial charge in [-0.3, -0.25) is 0 Å². The van der Waals surface area contributed by atoms with E-state index < -0.39 is 12.4 Å². The number of aliphatic imine (C=N–C) groups is 2. The van der Waals surface area contributed by atoms with Crippen LogP contribution in [0.2, 0.25) is 0 Å². The van der Waals surface area contributed by atoms with Crippen LogP contribution < -0.4 is 9.64 Å². The Kier molecular flexibility index (Phi) is 8.44. The Labute approximate surface area is 245 Å². The lowest BCUT2D eigenvalue weighted by Gasteiger charge is -2.22. The summed E-state index contributed by atoms with van der Waals surface area (Å²) in [5.74, 6) is 0.994. The van der Waals surface area contributed by atoms with E-state index in [4.69, 9.17) is 0 Å². The molecule has 0 spiro atoms. The molecule has 5 rings (SSSR count). The Morgan fingerprint density at radius 1 is 1.02 bits per heavy atom. The highest BCUT2D eigenvalue weighted by Crippen LogP contribution is 2.31. The van der Waals surface area contributed by atoms with Crippen molar-refractivity contribution < 1.29 is 22.7 Å². The molecule has 0 saturated carbocycles. The van der Waals surface area contributed by atoms with Crippen molar-refractivity contribution in [3.8, 4) is 22.8 Å². The zero-order chi connectivity index (χ0) is 29.9. The molecule has 0 bridgehead atoms. The van der Waals surface area contributed by atoms with Gasteiger partial charge in [-0.1, -0.05) is 54.2 Å². The van der Waals surface area contributed by atoms with E-state index in [9.17, 15) is 18.0 Å². The van der Waals surface area contributed by atoms with Gasteiger partial charge in [0.05, 0.1) is 5.69 Å². The number of para-hydroxylation sites is 1. The van der Waals surface area contributed by atoms with E-state index in [-0.39, 0.29) is 5.75 Å². The summed E-state index contributed by atoms with van der Waals surface area (Å²) in [5, 5.41) is 5.09. The van der Waals surface area contributed by atoms with Crippen molar-refractivity contribution in [2.75, 3.05) is 17.2 Å². The van der Waals surface area contributed by atoms with Gasteiger partial charge in [0, 0.05) is 35.7 Å². The topological polar surface area (TPSA) is 85.0 Å². The monoisotopic (exact) mass is 592 g/mol. The number of anilines is 1. The Morgan fingerprint density at radius 2 is 1.71 bits per heavy atom. The van der Waals surface area contributed by atoms with Crippen molar-refractivity contribution in [3.05, 3.63) is 89.7 Å². The number of halogens is 3. The van der Waals surface area contributed by atoms with Crippen molar-refractivity contribution in [1.82, 2.24) is 14.8 Å². The predicted molar refractivity (Wildman–Crippen MR) is 159 cm³/mol. The molecule has 0 N–H and O–H groups in total. The SMILES string of the molecule is CC(Cc1ccc(-c2ncn(-c3ccc(OC(F)(F)F)cc3)n2)cc1)=NC(=O)N=C1SCCN1c1c(C)cccc1C. The molecule has 1 aliphatic rings. The number of thioether (sulfide) groups is 1. The van der Waals surface area contributed by atoms with Crippen LogP contribution in [0.25, 0.3) is 17.1 Å². The molecule has 12 heteroatoms. The molecule has 2 amide bonds. The van der Waals surface area contributed by atoms with E-state index in [1.54, 1.807) is 18.7 Å². The highest BCUT2D eigenvalue weighted by molar-refractivity contribution is 8.14. The lowest BCUT2D eigenvalue weighted by Crippen LogP contribution is -2.26. The normalized spacial score (nSPS) is 15.0. The Morgan fingerprint density at radius 3 is 2.38 bits per heavy atom. The zero-order valence-corrected chi connectivity index (χ0v) is 23.9. The van der Waals surface area contributed by atoms with Crippen LogP contribution in [0.5, 0.6) is 5.75 Å². The molecule has 0 aliphatic carbocycles. The van der Waals surface area contributed by atoms with E-state index in [1.165, 1.54) is 35.3 Å². The molecule has 216 valence electrons. The van der Waals surface area contributed by atoms with Gasteiger partial charge < -0.3 is 9.64 Å². The number of hydrogen-bond donors (Lipinski definition) is 0. The number of aromatic nitrogens is 3. The summed E-state index contributed by atoms with van der Waals surface area (Å²) in [5.41, 5.74) is 6.24. The number of amidine groups is 1. The van der Waals surface area contributed by atoms with Crippen LogP contribution in [0.3, 0.4) is 0 Å². The molecule has 42 heavy (non-hydrogen) atoms. The minimum atomic E-state index is -4.75. The van der Waals surface area contributed by atoms with Gasteiger partial charge in [0.2, 0.25) is 0 Å². The van der Waals surface area contributed by atoms with Gasteiger partial charge in [0.25, 0.3) is 0 Å². The van der Waals surface area contributed by atoms with Gasteiger partial charge in [0.1, 0.15) is 12.1 Å². The molecule has 4 aromatic rings. The summed E-state index contributed by atoms with van der Waals surface area (Å²) in [7, 11) is 0. The number of aryl methyl sites for hydroxylation is 2. The van der Waals surface area contributed by atoms with E-state index in [0.717, 1.165) is 40.2 Å². The number of ether oxygens (including phenoxy) is 1. The fourth-order valence-electron chi connectivity index (χ4n) is 4.63. The van der Waals surface area contributed by atoms with E-state index in [0.29, 0.717) is 28.8 Å². The first-order chi connectivity index (χ1) is 20.1. The lowest BCUT2D eigenvalue weighted by atomic mass is 10.1. The van der Waals surface area contributed by atoms with Crippen LogP contribution in [0.1, 0.15) is 23.6 Å². The van der Waals surface area contributed by atoms with Crippen molar-refractivity contribution in [1.29, 1.82) is 0 Å². The van der Waals surface area contributed by atoms with E-state index in [2.05, 4.69) is 55.7 Å². The first-order valence-corrected chi connectivity index (χ1v) is 14.0. The molecule has 0 unspecified atom stereocenters. The molecule has 1 aromatic heterocycles. The Hall–Kier alpha value is -4.45. The average Bonchev–Trinajstić information content (AvgIpc) is 3.59. The number of carbonyl (C=O) groups excluding carboxylic acids is 1. The highest BCUT2D eigenvalue weighted by atomic mass is 32.2. The molecule has 1 fully saturated rings. The van der Waals surface area contributed by atoms with Gasteiger partial charge in [0.15, 0.2) is 11.0 Å². The highest BCUT2D eigenvalue weighted by Gasteiger charge is 2.31. The van der Waals surface area contributed by atoms with Gasteiger partial charge in [-0.15, -0.1) is 18.3 Å². The maximum Gasteiger partial charge on any atom is 0.573 e. The predicted octanol–water partition coefficient (Wildman–Crippen LogP) is 7.18. The maximum atomic E-state index is 12.7. The molecule has 0 atom stereocenters. The summed E-state index contributed by atoms with van der Waals surface area (Å²) in [6, 6.07) is 18.5. The first kappa shape index (κ1) is 29.1. The largest absolute Gasteiger partial charge is 0.573 e. The van der Waals surface area contributed by atoms with E-state index in [1.807, 2.05) is 30.3 Å². The van der Waals surface area contributed by atoms with Crippen LogP contribution in [0, 0.1) is 13.8 Å². The van der Waals surface area contributed by atoms with Crippen molar-refractivity contribution in [2.45, 2.75) is 33.6 Å². The molecule has 2 heterocycles. The van der Waals surface area contributed by atoms with Gasteiger partial charge >= 0.3 is 12.4 Å². The molecule has 1 aliphatic heterocycles. The first-order valence-electron chi connectivity index (χ1n) is 13.1. The molecule has 3 aromatic carbocycles. The second-order valence-corrected chi connectivity index (χ2v) is 10.8. The standard InChI is InChI=1S/C30H27F3N6O2S/c1-19-5-4-6-20(2)26(19)38-15-16-42-29(38)36-28(40)35-21(3)17-22-7-9-23(10-8-22)27-34-18-39(37-27)24-11-13-25(14-12-24)41-30(31,32)33/h4-14,18H,15-17H2,1-3H3. The van der Waals surface area contributed by atoms with Crippen LogP contribution in [-0.4, -0.2) is 50.3 Å². The maximum absolute atomic E-state index is 12.7. The minimum Gasteiger partial charge on any atom is -0.406 e. The number of carbonyl (C=O) groups is 1. The van der Waals surface area contributed by atoms with Gasteiger partial charge in [-0.2, -0.15) is 4.99 Å². The smallest absolute Gasteiger partial charge is 0.406 e. The number of alkyl halides is 3.